The quantitative estimate of drug-likeness (QED) is 0.414. The molecule has 0 saturated heterocycles. The lowest BCUT2D eigenvalue weighted by Crippen LogP contribution is -2.05. The lowest BCUT2D eigenvalue weighted by Gasteiger charge is -2.08. The second kappa shape index (κ2) is 8.51. The van der Waals surface area contributed by atoms with Gasteiger partial charge in [0, 0.05) is 6.92 Å². The summed E-state index contributed by atoms with van der Waals surface area (Å²) in [6.07, 6.45) is 6.48. The molecule has 0 unspecified atom stereocenters. The number of carbonyl (C=O) groups is 1. The molecule has 1 aromatic carbocycles. The number of ether oxygens (including phenoxy) is 1. The molecule has 0 saturated carbocycles. The van der Waals surface area contributed by atoms with Crippen LogP contribution >= 0.6 is 0 Å². The summed E-state index contributed by atoms with van der Waals surface area (Å²) >= 11 is 0. The van der Waals surface area contributed by atoms with E-state index in [2.05, 4.69) is 25.1 Å². The first-order valence-electron chi connectivity index (χ1n) is 6.57. The molecule has 0 N–H and O–H groups in total. The molecule has 1 aromatic rings. The smallest absolute Gasteiger partial charge is 0.302 e. The average molecular weight is 246 g/mol. The van der Waals surface area contributed by atoms with Gasteiger partial charge in [0.15, 0.2) is 0 Å². The number of hydrogen-bond acceptors (Lipinski definition) is 2. The van der Waals surface area contributed by atoms with E-state index in [1.54, 1.807) is 0 Å². The number of allylic oxidation sites excluding steroid dienone is 1. The van der Waals surface area contributed by atoms with E-state index in [9.17, 15) is 4.79 Å². The highest BCUT2D eigenvalue weighted by molar-refractivity contribution is 5.66. The van der Waals surface area contributed by atoms with Crippen LogP contribution in [0.25, 0.3) is 0 Å². The SMILES string of the molecule is CCCC/C=C(/COC(C)=O)Cc1ccccc1. The number of hydrogen-bond donors (Lipinski definition) is 0. The average Bonchev–Trinajstić information content (AvgIpc) is 2.37. The monoisotopic (exact) mass is 246 g/mol. The van der Waals surface area contributed by atoms with Crippen LogP contribution in [0.3, 0.4) is 0 Å². The first kappa shape index (κ1) is 14.5. The van der Waals surface area contributed by atoms with Gasteiger partial charge >= 0.3 is 5.97 Å². The van der Waals surface area contributed by atoms with Gasteiger partial charge in [0.25, 0.3) is 0 Å². The summed E-state index contributed by atoms with van der Waals surface area (Å²) in [5, 5.41) is 0. The molecule has 98 valence electrons. The Labute approximate surface area is 110 Å². The summed E-state index contributed by atoms with van der Waals surface area (Å²) < 4.78 is 5.10. The molecule has 0 aliphatic heterocycles. The van der Waals surface area contributed by atoms with Crippen LogP contribution in [0.2, 0.25) is 0 Å². The zero-order valence-electron chi connectivity index (χ0n) is 11.3. The highest BCUT2D eigenvalue weighted by atomic mass is 16.5. The van der Waals surface area contributed by atoms with Crippen molar-refractivity contribution in [3.63, 3.8) is 0 Å². The molecule has 0 heterocycles. The predicted octanol–water partition coefficient (Wildman–Crippen LogP) is 3.91. The van der Waals surface area contributed by atoms with E-state index in [-0.39, 0.29) is 5.97 Å². The third-order valence-corrected chi connectivity index (χ3v) is 2.73. The van der Waals surface area contributed by atoms with E-state index in [1.165, 1.54) is 30.9 Å². The van der Waals surface area contributed by atoms with E-state index in [0.29, 0.717) is 6.61 Å². The molecule has 2 heteroatoms. The molecule has 0 atom stereocenters. The van der Waals surface area contributed by atoms with Crippen LogP contribution in [-0.2, 0) is 16.0 Å². The van der Waals surface area contributed by atoms with Gasteiger partial charge in [-0.1, -0.05) is 56.2 Å². The molecule has 1 rings (SSSR count). The third kappa shape index (κ3) is 6.24. The van der Waals surface area contributed by atoms with Crippen molar-refractivity contribution in [2.24, 2.45) is 0 Å². The largest absolute Gasteiger partial charge is 0.461 e. The Kier molecular flexibility index (Phi) is 6.85. The van der Waals surface area contributed by atoms with E-state index in [4.69, 9.17) is 4.74 Å². The van der Waals surface area contributed by atoms with Gasteiger partial charge in [-0.05, 0) is 24.0 Å². The molecule has 0 spiro atoms. The van der Waals surface area contributed by atoms with Crippen LogP contribution in [0.1, 0.15) is 38.7 Å². The summed E-state index contributed by atoms with van der Waals surface area (Å²) in [6.45, 7) is 4.04. The van der Waals surface area contributed by atoms with Crippen molar-refractivity contribution in [2.45, 2.75) is 39.5 Å². The standard InChI is InChI=1S/C16H22O2/c1-3-4-6-11-16(13-18-14(2)17)12-15-9-7-5-8-10-15/h5,7-11H,3-4,6,12-13H2,1-2H3/b16-11+. The zero-order chi connectivity index (χ0) is 13.2. The third-order valence-electron chi connectivity index (χ3n) is 2.73. The molecule has 0 amide bonds. The number of benzene rings is 1. The van der Waals surface area contributed by atoms with Crippen molar-refractivity contribution >= 4 is 5.97 Å². The second-order valence-electron chi connectivity index (χ2n) is 4.45. The van der Waals surface area contributed by atoms with E-state index < -0.39 is 0 Å². The molecule has 2 nitrogen and oxygen atoms in total. The first-order valence-corrected chi connectivity index (χ1v) is 6.57. The van der Waals surface area contributed by atoms with Crippen molar-refractivity contribution in [3.8, 4) is 0 Å². The molecule has 18 heavy (non-hydrogen) atoms. The molecule has 0 radical (unpaired) electrons. The Morgan fingerprint density at radius 2 is 2.00 bits per heavy atom. The van der Waals surface area contributed by atoms with Gasteiger partial charge < -0.3 is 4.74 Å². The summed E-state index contributed by atoms with van der Waals surface area (Å²) in [5.41, 5.74) is 2.44. The highest BCUT2D eigenvalue weighted by Gasteiger charge is 2.02. The van der Waals surface area contributed by atoms with Crippen LogP contribution in [0.4, 0.5) is 0 Å². The molecule has 0 aliphatic carbocycles. The van der Waals surface area contributed by atoms with Crippen molar-refractivity contribution < 1.29 is 9.53 Å². The minimum Gasteiger partial charge on any atom is -0.461 e. The zero-order valence-corrected chi connectivity index (χ0v) is 11.3. The summed E-state index contributed by atoms with van der Waals surface area (Å²) in [5.74, 6) is -0.218. The molecular formula is C16H22O2. The highest BCUT2D eigenvalue weighted by Crippen LogP contribution is 2.10. The lowest BCUT2D eigenvalue weighted by atomic mass is 10.0. The molecule has 0 fully saturated rings. The van der Waals surface area contributed by atoms with Gasteiger partial charge in [-0.25, -0.2) is 0 Å². The van der Waals surface area contributed by atoms with Crippen LogP contribution in [0, 0.1) is 0 Å². The first-order chi connectivity index (χ1) is 8.72. The molecule has 0 aliphatic rings. The number of rotatable bonds is 7. The minimum atomic E-state index is -0.218. The summed E-state index contributed by atoms with van der Waals surface area (Å²) in [6, 6.07) is 10.3. The fourth-order valence-corrected chi connectivity index (χ4v) is 1.74. The maximum absolute atomic E-state index is 10.9. The number of carbonyl (C=O) groups excluding carboxylic acids is 1. The Bertz CT molecular complexity index is 379. The maximum atomic E-state index is 10.9. The van der Waals surface area contributed by atoms with Crippen LogP contribution < -0.4 is 0 Å². The summed E-state index contributed by atoms with van der Waals surface area (Å²) in [7, 11) is 0. The van der Waals surface area contributed by atoms with Crippen molar-refractivity contribution in [1.29, 1.82) is 0 Å². The second-order valence-corrected chi connectivity index (χ2v) is 4.45. The van der Waals surface area contributed by atoms with Gasteiger partial charge in [0.2, 0.25) is 0 Å². The molecule has 0 bridgehead atoms. The van der Waals surface area contributed by atoms with Gasteiger partial charge in [0.05, 0.1) is 0 Å². The van der Waals surface area contributed by atoms with Gasteiger partial charge in [-0.2, -0.15) is 0 Å². The Hall–Kier alpha value is -1.57. The fourth-order valence-electron chi connectivity index (χ4n) is 1.74. The maximum Gasteiger partial charge on any atom is 0.302 e. The molecule has 0 aromatic heterocycles. The van der Waals surface area contributed by atoms with Gasteiger partial charge in [0.1, 0.15) is 6.61 Å². The Balaban J connectivity index is 2.59. The summed E-state index contributed by atoms with van der Waals surface area (Å²) in [4.78, 5) is 10.9. The topological polar surface area (TPSA) is 26.3 Å². The van der Waals surface area contributed by atoms with E-state index in [0.717, 1.165) is 12.8 Å². The van der Waals surface area contributed by atoms with Crippen molar-refractivity contribution in [1.82, 2.24) is 0 Å². The van der Waals surface area contributed by atoms with E-state index >= 15 is 0 Å². The Morgan fingerprint density at radius 3 is 2.61 bits per heavy atom. The number of unbranched alkanes of at least 4 members (excludes halogenated alkanes) is 2. The van der Waals surface area contributed by atoms with Crippen LogP contribution in [-0.4, -0.2) is 12.6 Å². The predicted molar refractivity (Wildman–Crippen MR) is 74.4 cm³/mol. The lowest BCUT2D eigenvalue weighted by molar-refractivity contribution is -0.140. The fraction of sp³-hybridized carbons (Fsp3) is 0.438. The van der Waals surface area contributed by atoms with Gasteiger partial charge in [-0.15, -0.1) is 0 Å². The Morgan fingerprint density at radius 1 is 1.28 bits per heavy atom. The molecular weight excluding hydrogens is 224 g/mol. The van der Waals surface area contributed by atoms with Crippen molar-refractivity contribution in [2.75, 3.05) is 6.61 Å². The van der Waals surface area contributed by atoms with Crippen LogP contribution in [0.5, 0.6) is 0 Å². The van der Waals surface area contributed by atoms with Gasteiger partial charge in [-0.3, -0.25) is 4.79 Å². The minimum absolute atomic E-state index is 0.218. The normalized spacial score (nSPS) is 11.3. The number of esters is 1. The van der Waals surface area contributed by atoms with Crippen molar-refractivity contribution in [3.05, 3.63) is 47.5 Å². The van der Waals surface area contributed by atoms with E-state index in [1.807, 2.05) is 18.2 Å². The van der Waals surface area contributed by atoms with Crippen LogP contribution in [0.15, 0.2) is 42.0 Å².